The lowest BCUT2D eigenvalue weighted by molar-refractivity contribution is -0.145. The third-order valence-corrected chi connectivity index (χ3v) is 1.95. The second kappa shape index (κ2) is 5.70. The molecule has 0 aromatic carbocycles. The maximum Gasteiger partial charge on any atom is 0.326 e. The molecule has 1 amide bonds. The minimum Gasteiger partial charge on any atom is -0.480 e. The molecule has 2 N–H and O–H groups in total. The van der Waals surface area contributed by atoms with Crippen molar-refractivity contribution in [3.8, 4) is 0 Å². The van der Waals surface area contributed by atoms with Gasteiger partial charge in [0.1, 0.15) is 6.04 Å². The van der Waals surface area contributed by atoms with E-state index in [1.165, 1.54) is 7.11 Å². The Hall–Kier alpha value is -1.10. The van der Waals surface area contributed by atoms with Crippen molar-refractivity contribution in [3.05, 3.63) is 0 Å². The highest BCUT2D eigenvalue weighted by Crippen LogP contribution is 2.19. The lowest BCUT2D eigenvalue weighted by Gasteiger charge is -2.27. The Morgan fingerprint density at radius 2 is 1.93 bits per heavy atom. The van der Waals surface area contributed by atoms with Gasteiger partial charge < -0.3 is 15.2 Å². The van der Waals surface area contributed by atoms with Crippen molar-refractivity contribution in [3.63, 3.8) is 0 Å². The summed E-state index contributed by atoms with van der Waals surface area (Å²) in [4.78, 5) is 22.2. The second-order valence-electron chi connectivity index (χ2n) is 4.45. The topological polar surface area (TPSA) is 75.6 Å². The van der Waals surface area contributed by atoms with Crippen LogP contribution in [0, 0.1) is 5.41 Å². The number of carbonyl (C=O) groups excluding carboxylic acids is 1. The van der Waals surface area contributed by atoms with E-state index in [0.29, 0.717) is 6.61 Å². The number of carbonyl (C=O) groups is 2. The number of carboxylic acid groups (broad SMARTS) is 1. The summed E-state index contributed by atoms with van der Waals surface area (Å²) < 4.78 is 4.73. The van der Waals surface area contributed by atoms with Gasteiger partial charge in [0.15, 0.2) is 0 Å². The fourth-order valence-electron chi connectivity index (χ4n) is 1.08. The van der Waals surface area contributed by atoms with Crippen LogP contribution in [0.1, 0.15) is 27.2 Å². The molecule has 0 aliphatic rings. The van der Waals surface area contributed by atoms with Gasteiger partial charge in [0.2, 0.25) is 5.91 Å². The van der Waals surface area contributed by atoms with Crippen LogP contribution in [-0.2, 0) is 14.3 Å². The molecule has 0 rings (SSSR count). The van der Waals surface area contributed by atoms with Gasteiger partial charge in [-0.2, -0.15) is 0 Å². The molecule has 0 aliphatic carbocycles. The van der Waals surface area contributed by atoms with Crippen LogP contribution in [0.2, 0.25) is 0 Å². The standard InChI is InChI=1S/C10H19NO4/c1-10(2,3)8(9(13)14)11-7(12)5-6-15-4/h8H,5-6H2,1-4H3,(H,11,12)(H,13,14)/t8-/m1/s1. The fraction of sp³-hybridized carbons (Fsp3) is 0.800. The number of ether oxygens (including phenoxy) is 1. The summed E-state index contributed by atoms with van der Waals surface area (Å²) in [5.41, 5.74) is -0.505. The first-order valence-electron chi connectivity index (χ1n) is 4.80. The Labute approximate surface area is 89.8 Å². The van der Waals surface area contributed by atoms with E-state index in [1.807, 2.05) is 0 Å². The van der Waals surface area contributed by atoms with E-state index < -0.39 is 17.4 Å². The third kappa shape index (κ3) is 5.37. The van der Waals surface area contributed by atoms with Gasteiger partial charge in [-0.3, -0.25) is 4.79 Å². The van der Waals surface area contributed by atoms with Gasteiger partial charge in [0, 0.05) is 13.5 Å². The van der Waals surface area contributed by atoms with Crippen molar-refractivity contribution in [2.24, 2.45) is 5.41 Å². The second-order valence-corrected chi connectivity index (χ2v) is 4.45. The van der Waals surface area contributed by atoms with Crippen molar-refractivity contribution < 1.29 is 19.4 Å². The number of amides is 1. The van der Waals surface area contributed by atoms with Gasteiger partial charge in [-0.15, -0.1) is 0 Å². The Kier molecular flexibility index (Phi) is 5.28. The SMILES string of the molecule is COCCC(=O)N[C@H](C(=O)O)C(C)(C)C. The Balaban J connectivity index is 4.31. The molecule has 1 atom stereocenters. The maximum atomic E-state index is 11.3. The van der Waals surface area contributed by atoms with Crippen molar-refractivity contribution in [1.82, 2.24) is 5.32 Å². The van der Waals surface area contributed by atoms with Gasteiger partial charge in [0.05, 0.1) is 6.61 Å². The van der Waals surface area contributed by atoms with Gasteiger partial charge >= 0.3 is 5.97 Å². The molecule has 5 heteroatoms. The average Bonchev–Trinajstić information content (AvgIpc) is 2.08. The van der Waals surface area contributed by atoms with E-state index in [4.69, 9.17) is 9.84 Å². The van der Waals surface area contributed by atoms with Crippen LogP contribution in [0.4, 0.5) is 0 Å². The van der Waals surface area contributed by atoms with Gasteiger partial charge in [0.25, 0.3) is 0 Å². The van der Waals surface area contributed by atoms with E-state index in [-0.39, 0.29) is 12.3 Å². The molecule has 0 aromatic rings. The van der Waals surface area contributed by atoms with Gasteiger partial charge in [-0.05, 0) is 5.41 Å². The monoisotopic (exact) mass is 217 g/mol. The minimum absolute atomic E-state index is 0.177. The zero-order valence-corrected chi connectivity index (χ0v) is 9.66. The van der Waals surface area contributed by atoms with Crippen molar-refractivity contribution >= 4 is 11.9 Å². The van der Waals surface area contributed by atoms with Crippen LogP contribution in [-0.4, -0.2) is 36.7 Å². The summed E-state index contributed by atoms with van der Waals surface area (Å²) in [5.74, 6) is -1.33. The summed E-state index contributed by atoms with van der Waals surface area (Å²) >= 11 is 0. The molecule has 5 nitrogen and oxygen atoms in total. The summed E-state index contributed by atoms with van der Waals surface area (Å²) in [6.07, 6.45) is 0.177. The molecule has 0 aromatic heterocycles. The lowest BCUT2D eigenvalue weighted by Crippen LogP contribution is -2.49. The molecule has 0 bridgehead atoms. The van der Waals surface area contributed by atoms with E-state index in [2.05, 4.69) is 5.32 Å². The predicted molar refractivity (Wildman–Crippen MR) is 55.5 cm³/mol. The van der Waals surface area contributed by atoms with Crippen molar-refractivity contribution in [1.29, 1.82) is 0 Å². The molecular formula is C10H19NO4. The van der Waals surface area contributed by atoms with Crippen LogP contribution in [0.5, 0.6) is 0 Å². The van der Waals surface area contributed by atoms with Crippen LogP contribution >= 0.6 is 0 Å². The highest BCUT2D eigenvalue weighted by atomic mass is 16.5. The highest BCUT2D eigenvalue weighted by Gasteiger charge is 2.32. The van der Waals surface area contributed by atoms with Crippen molar-refractivity contribution in [2.45, 2.75) is 33.2 Å². The first kappa shape index (κ1) is 13.9. The van der Waals surface area contributed by atoms with Gasteiger partial charge in [-0.25, -0.2) is 4.79 Å². The Morgan fingerprint density at radius 1 is 1.40 bits per heavy atom. The molecular weight excluding hydrogens is 198 g/mol. The van der Waals surface area contributed by atoms with E-state index in [0.717, 1.165) is 0 Å². The smallest absolute Gasteiger partial charge is 0.326 e. The first-order chi connectivity index (χ1) is 6.79. The van der Waals surface area contributed by atoms with Crippen LogP contribution < -0.4 is 5.32 Å². The zero-order chi connectivity index (χ0) is 12.1. The molecule has 15 heavy (non-hydrogen) atoms. The number of aliphatic carboxylic acids is 1. The molecule has 0 spiro atoms. The highest BCUT2D eigenvalue weighted by molar-refractivity contribution is 5.84. The number of carboxylic acids is 1. The number of hydrogen-bond donors (Lipinski definition) is 2. The van der Waals surface area contributed by atoms with Crippen LogP contribution in [0.25, 0.3) is 0 Å². The largest absolute Gasteiger partial charge is 0.480 e. The third-order valence-electron chi connectivity index (χ3n) is 1.95. The molecule has 0 heterocycles. The Morgan fingerprint density at radius 3 is 2.27 bits per heavy atom. The summed E-state index contributed by atoms with van der Waals surface area (Å²) in [5, 5.41) is 11.4. The quantitative estimate of drug-likeness (QED) is 0.708. The summed E-state index contributed by atoms with van der Waals surface area (Å²) in [7, 11) is 1.49. The zero-order valence-electron chi connectivity index (χ0n) is 9.66. The lowest BCUT2D eigenvalue weighted by atomic mass is 9.86. The summed E-state index contributed by atoms with van der Waals surface area (Å²) in [6, 6.07) is -0.873. The number of methoxy groups -OCH3 is 1. The predicted octanol–water partition coefficient (Wildman–Crippen LogP) is 0.638. The number of nitrogens with one attached hydrogen (secondary N) is 1. The fourth-order valence-corrected chi connectivity index (χ4v) is 1.08. The van der Waals surface area contributed by atoms with Crippen molar-refractivity contribution in [2.75, 3.05) is 13.7 Å². The normalized spacial score (nSPS) is 13.3. The number of hydrogen-bond acceptors (Lipinski definition) is 3. The van der Waals surface area contributed by atoms with Crippen LogP contribution in [0.15, 0.2) is 0 Å². The van der Waals surface area contributed by atoms with E-state index in [1.54, 1.807) is 20.8 Å². The molecule has 0 unspecified atom stereocenters. The van der Waals surface area contributed by atoms with Gasteiger partial charge in [-0.1, -0.05) is 20.8 Å². The molecule has 0 saturated heterocycles. The molecule has 0 saturated carbocycles. The van der Waals surface area contributed by atoms with E-state index >= 15 is 0 Å². The molecule has 0 fully saturated rings. The number of rotatable bonds is 5. The summed E-state index contributed by atoms with van der Waals surface area (Å²) in [6.45, 7) is 5.59. The Bertz CT molecular complexity index is 232. The molecule has 0 aliphatic heterocycles. The molecule has 0 radical (unpaired) electrons. The maximum absolute atomic E-state index is 11.3. The van der Waals surface area contributed by atoms with E-state index in [9.17, 15) is 9.59 Å². The average molecular weight is 217 g/mol. The van der Waals surface area contributed by atoms with Crippen LogP contribution in [0.3, 0.4) is 0 Å². The first-order valence-corrected chi connectivity index (χ1v) is 4.80. The minimum atomic E-state index is -1.02. The molecule has 88 valence electrons.